The van der Waals surface area contributed by atoms with Gasteiger partial charge in [-0.05, 0) is 42.8 Å². The maximum absolute atomic E-state index is 11.9. The molecule has 1 saturated heterocycles. The zero-order chi connectivity index (χ0) is 19.2. The van der Waals surface area contributed by atoms with Crippen molar-refractivity contribution in [3.63, 3.8) is 0 Å². The number of esters is 1. The maximum atomic E-state index is 11.9. The Bertz CT molecular complexity index is 821. The Morgan fingerprint density at radius 1 is 1.22 bits per heavy atom. The van der Waals surface area contributed by atoms with Crippen LogP contribution in [0, 0.1) is 5.92 Å². The van der Waals surface area contributed by atoms with Gasteiger partial charge < -0.3 is 19.8 Å². The molecule has 8 heteroatoms. The van der Waals surface area contributed by atoms with Crippen LogP contribution in [0.1, 0.15) is 18.6 Å². The van der Waals surface area contributed by atoms with E-state index in [1.165, 1.54) is 0 Å². The normalized spacial score (nSPS) is 16.5. The van der Waals surface area contributed by atoms with E-state index >= 15 is 0 Å². The van der Waals surface area contributed by atoms with Crippen molar-refractivity contribution in [1.82, 2.24) is 10.6 Å². The van der Waals surface area contributed by atoms with Gasteiger partial charge in [-0.15, -0.1) is 0 Å². The van der Waals surface area contributed by atoms with Crippen LogP contribution in [0.25, 0.3) is 11.3 Å². The van der Waals surface area contributed by atoms with Crippen molar-refractivity contribution >= 4 is 29.4 Å². The Hall–Kier alpha value is -2.80. The number of benzene rings is 1. The number of carbonyl (C=O) groups is 3. The Labute approximate surface area is 161 Å². The van der Waals surface area contributed by atoms with Crippen molar-refractivity contribution in [3.8, 4) is 11.3 Å². The van der Waals surface area contributed by atoms with Gasteiger partial charge in [0.05, 0.1) is 12.5 Å². The first kappa shape index (κ1) is 19.0. The van der Waals surface area contributed by atoms with Crippen molar-refractivity contribution in [3.05, 3.63) is 47.2 Å². The van der Waals surface area contributed by atoms with E-state index in [1.807, 2.05) is 18.2 Å². The summed E-state index contributed by atoms with van der Waals surface area (Å²) in [5.41, 5.74) is 0.880. The smallest absolute Gasteiger partial charge is 0.311 e. The molecule has 1 aromatic carbocycles. The molecule has 0 aliphatic carbocycles. The Kier molecular flexibility index (Phi) is 6.13. The van der Waals surface area contributed by atoms with Crippen molar-refractivity contribution in [1.29, 1.82) is 0 Å². The monoisotopic (exact) mass is 390 g/mol. The average molecular weight is 391 g/mol. The van der Waals surface area contributed by atoms with Gasteiger partial charge in [0.2, 0.25) is 5.91 Å². The van der Waals surface area contributed by atoms with Crippen LogP contribution < -0.4 is 10.6 Å². The van der Waals surface area contributed by atoms with E-state index in [2.05, 4.69) is 10.6 Å². The van der Waals surface area contributed by atoms with E-state index < -0.39 is 17.8 Å². The van der Waals surface area contributed by atoms with Gasteiger partial charge in [0.15, 0.2) is 6.61 Å². The second-order valence-corrected chi connectivity index (χ2v) is 6.63. The Balaban J connectivity index is 1.42. The number of hydrogen-bond acceptors (Lipinski definition) is 5. The lowest BCUT2D eigenvalue weighted by molar-refractivity contribution is -0.153. The van der Waals surface area contributed by atoms with Crippen LogP contribution >= 0.6 is 11.6 Å². The van der Waals surface area contributed by atoms with Gasteiger partial charge >= 0.3 is 5.97 Å². The van der Waals surface area contributed by atoms with Gasteiger partial charge in [0.25, 0.3) is 5.91 Å². The zero-order valence-electron chi connectivity index (χ0n) is 14.5. The quantitative estimate of drug-likeness (QED) is 0.737. The number of furan rings is 1. The Morgan fingerprint density at radius 3 is 2.70 bits per heavy atom. The number of halogens is 1. The van der Waals surface area contributed by atoms with Crippen LogP contribution in [0.3, 0.4) is 0 Å². The summed E-state index contributed by atoms with van der Waals surface area (Å²) in [6, 6.07) is 10.8. The fourth-order valence-corrected chi connectivity index (χ4v) is 2.79. The molecule has 3 rings (SSSR count). The highest BCUT2D eigenvalue weighted by Gasteiger charge is 2.26. The first-order chi connectivity index (χ1) is 13.0. The zero-order valence-corrected chi connectivity index (χ0v) is 15.3. The third-order valence-electron chi connectivity index (χ3n) is 4.19. The summed E-state index contributed by atoms with van der Waals surface area (Å²) >= 11 is 5.86. The second-order valence-electron chi connectivity index (χ2n) is 6.20. The third kappa shape index (κ3) is 5.34. The van der Waals surface area contributed by atoms with Gasteiger partial charge in [0, 0.05) is 23.6 Å². The average Bonchev–Trinajstić information content (AvgIpc) is 3.14. The Morgan fingerprint density at radius 2 is 2.00 bits per heavy atom. The summed E-state index contributed by atoms with van der Waals surface area (Å²) < 4.78 is 10.7. The molecule has 2 amide bonds. The molecule has 27 heavy (non-hydrogen) atoms. The molecule has 0 saturated carbocycles. The topological polar surface area (TPSA) is 97.6 Å². The molecule has 1 unspecified atom stereocenters. The first-order valence-electron chi connectivity index (χ1n) is 8.56. The van der Waals surface area contributed by atoms with Crippen LogP contribution in [0.5, 0.6) is 0 Å². The maximum Gasteiger partial charge on any atom is 0.311 e. The summed E-state index contributed by atoms with van der Waals surface area (Å²) in [5, 5.41) is 5.89. The minimum absolute atomic E-state index is 0.0757. The van der Waals surface area contributed by atoms with Crippen LogP contribution in [0.4, 0.5) is 0 Å². The van der Waals surface area contributed by atoms with Gasteiger partial charge in [0.1, 0.15) is 11.5 Å². The van der Waals surface area contributed by atoms with Crippen LogP contribution in [-0.4, -0.2) is 30.9 Å². The van der Waals surface area contributed by atoms with E-state index in [4.69, 9.17) is 20.8 Å². The summed E-state index contributed by atoms with van der Waals surface area (Å²) in [4.78, 5) is 34.8. The lowest BCUT2D eigenvalue weighted by atomic mass is 10.00. The number of amides is 2. The lowest BCUT2D eigenvalue weighted by Crippen LogP contribution is -2.40. The number of rotatable bonds is 6. The molecule has 0 radical (unpaired) electrons. The molecule has 1 atom stereocenters. The van der Waals surface area contributed by atoms with Crippen LogP contribution in [0.2, 0.25) is 5.02 Å². The first-order valence-corrected chi connectivity index (χ1v) is 8.94. The van der Waals surface area contributed by atoms with E-state index in [0.29, 0.717) is 29.4 Å². The van der Waals surface area contributed by atoms with Gasteiger partial charge in [-0.25, -0.2) is 0 Å². The molecular formula is C19H19ClN2O5. The number of ether oxygens (including phenoxy) is 1. The molecule has 2 aromatic rings. The number of nitrogens with one attached hydrogen (secondary N) is 2. The molecule has 1 aromatic heterocycles. The number of carbonyl (C=O) groups excluding carboxylic acids is 3. The molecule has 2 N–H and O–H groups in total. The molecule has 2 heterocycles. The molecule has 1 aliphatic rings. The predicted molar refractivity (Wildman–Crippen MR) is 97.7 cm³/mol. The van der Waals surface area contributed by atoms with Gasteiger partial charge in [-0.2, -0.15) is 0 Å². The van der Waals surface area contributed by atoms with Gasteiger partial charge in [-0.1, -0.05) is 11.6 Å². The highest BCUT2D eigenvalue weighted by Crippen LogP contribution is 2.23. The molecule has 1 aliphatic heterocycles. The third-order valence-corrected chi connectivity index (χ3v) is 4.45. The fourth-order valence-electron chi connectivity index (χ4n) is 2.67. The van der Waals surface area contributed by atoms with Crippen molar-refractivity contribution in [2.75, 3.05) is 13.2 Å². The van der Waals surface area contributed by atoms with Crippen LogP contribution in [-0.2, 0) is 25.7 Å². The van der Waals surface area contributed by atoms with Gasteiger partial charge in [-0.3, -0.25) is 14.4 Å². The molecular weight excluding hydrogens is 372 g/mol. The number of hydrogen-bond donors (Lipinski definition) is 2. The van der Waals surface area contributed by atoms with Crippen molar-refractivity contribution < 1.29 is 23.5 Å². The van der Waals surface area contributed by atoms with Crippen LogP contribution in [0.15, 0.2) is 40.8 Å². The summed E-state index contributed by atoms with van der Waals surface area (Å²) in [7, 11) is 0. The standard InChI is InChI=1S/C19H19ClN2O5/c20-14-4-1-12(2-5-14)16-7-6-15(27-16)10-22-18(24)11-26-19(25)13-3-8-17(23)21-9-13/h1-2,4-7,13H,3,8-11H2,(H,21,23)(H,22,24). The highest BCUT2D eigenvalue weighted by atomic mass is 35.5. The van der Waals surface area contributed by atoms with E-state index in [-0.39, 0.29) is 25.6 Å². The van der Waals surface area contributed by atoms with E-state index in [9.17, 15) is 14.4 Å². The molecule has 7 nitrogen and oxygen atoms in total. The summed E-state index contributed by atoms with van der Waals surface area (Å²) in [6.07, 6.45) is 0.729. The van der Waals surface area contributed by atoms with Crippen molar-refractivity contribution in [2.45, 2.75) is 19.4 Å². The lowest BCUT2D eigenvalue weighted by Gasteiger charge is -2.20. The summed E-state index contributed by atoms with van der Waals surface area (Å²) in [6.45, 7) is 0.0661. The SMILES string of the molecule is O=C1CCC(C(=O)OCC(=O)NCc2ccc(-c3ccc(Cl)cc3)o2)CN1. The minimum Gasteiger partial charge on any atom is -0.459 e. The van der Waals surface area contributed by atoms with Crippen molar-refractivity contribution in [2.24, 2.45) is 5.92 Å². The molecule has 1 fully saturated rings. The fraction of sp³-hybridized carbons (Fsp3) is 0.316. The number of piperidine rings is 1. The highest BCUT2D eigenvalue weighted by molar-refractivity contribution is 6.30. The largest absolute Gasteiger partial charge is 0.459 e. The van der Waals surface area contributed by atoms with E-state index in [1.54, 1.807) is 18.2 Å². The molecule has 142 valence electrons. The molecule has 0 spiro atoms. The second kappa shape index (κ2) is 8.73. The molecule has 0 bridgehead atoms. The minimum atomic E-state index is -0.479. The summed E-state index contributed by atoms with van der Waals surface area (Å²) in [5.74, 6) is -0.132. The van der Waals surface area contributed by atoms with E-state index in [0.717, 1.165) is 5.56 Å². The predicted octanol–water partition coefficient (Wildman–Crippen LogP) is 2.29.